The molecule has 0 aliphatic rings. The van der Waals surface area contributed by atoms with Crippen LogP contribution in [0.15, 0.2) is 49.1 Å². The van der Waals surface area contributed by atoms with Gasteiger partial charge in [-0.05, 0) is 43.7 Å². The monoisotopic (exact) mass is 353 g/mol. The number of aromatic nitrogens is 1. The summed E-state index contributed by atoms with van der Waals surface area (Å²) >= 11 is 0. The van der Waals surface area contributed by atoms with Crippen LogP contribution in [0.2, 0.25) is 0 Å². The predicted molar refractivity (Wildman–Crippen MR) is 101 cm³/mol. The second-order valence-corrected chi connectivity index (χ2v) is 5.88. The van der Waals surface area contributed by atoms with E-state index in [0.717, 1.165) is 22.7 Å². The number of ether oxygens (including phenoxy) is 2. The second kappa shape index (κ2) is 8.85. The first kappa shape index (κ1) is 19.2. The summed E-state index contributed by atoms with van der Waals surface area (Å²) in [7, 11) is 1.89. The van der Waals surface area contributed by atoms with Gasteiger partial charge in [-0.2, -0.15) is 0 Å². The average molecular weight is 353 g/mol. The van der Waals surface area contributed by atoms with E-state index in [9.17, 15) is 9.59 Å². The van der Waals surface area contributed by atoms with Gasteiger partial charge in [-0.15, -0.1) is 0 Å². The van der Waals surface area contributed by atoms with E-state index < -0.39 is 5.97 Å². The molecule has 0 bridgehead atoms. The number of Topliss-reactive ketones (excluding diaryl/α,β-unsaturated/α-hetero) is 1. The fraction of sp³-hybridized carbons (Fsp3) is 0.238. The molecule has 136 valence electrons. The molecule has 0 aliphatic carbocycles. The topological polar surface area (TPSA) is 57.5 Å². The molecule has 1 heterocycles. The number of nitrogens with zero attached hydrogens (tertiary/aromatic N) is 1. The summed E-state index contributed by atoms with van der Waals surface area (Å²) in [5.41, 5.74) is 3.25. The quantitative estimate of drug-likeness (QED) is 0.315. The van der Waals surface area contributed by atoms with Gasteiger partial charge in [0.2, 0.25) is 5.78 Å². The number of ketones is 1. The van der Waals surface area contributed by atoms with E-state index in [1.165, 1.54) is 6.08 Å². The predicted octanol–water partition coefficient (Wildman–Crippen LogP) is 3.65. The number of hydrogen-bond donors (Lipinski definition) is 0. The molecule has 0 N–H and O–H groups in total. The Bertz CT molecular complexity index is 828. The van der Waals surface area contributed by atoms with E-state index in [1.54, 1.807) is 30.4 Å². The first-order valence-electron chi connectivity index (χ1n) is 8.27. The van der Waals surface area contributed by atoms with Gasteiger partial charge in [0.1, 0.15) is 12.4 Å². The van der Waals surface area contributed by atoms with E-state index in [4.69, 9.17) is 9.47 Å². The molecule has 2 aromatic rings. The van der Waals surface area contributed by atoms with E-state index in [-0.39, 0.29) is 12.4 Å². The lowest BCUT2D eigenvalue weighted by Gasteiger charge is -2.03. The highest BCUT2D eigenvalue weighted by Crippen LogP contribution is 2.15. The van der Waals surface area contributed by atoms with Crippen LogP contribution >= 0.6 is 0 Å². The molecule has 1 aromatic heterocycles. The first-order valence-corrected chi connectivity index (χ1v) is 8.27. The molecular formula is C21H23NO4. The summed E-state index contributed by atoms with van der Waals surface area (Å²) in [5, 5.41) is 0. The van der Waals surface area contributed by atoms with Crippen LogP contribution in [0.1, 0.15) is 27.3 Å². The molecule has 0 amide bonds. The third kappa shape index (κ3) is 4.96. The molecule has 0 saturated heterocycles. The minimum Gasteiger partial charge on any atom is -0.490 e. The number of carbonyl (C=O) groups is 2. The number of rotatable bonds is 8. The lowest BCUT2D eigenvalue weighted by Crippen LogP contribution is -2.13. The van der Waals surface area contributed by atoms with Crippen LogP contribution in [0, 0.1) is 13.8 Å². The highest BCUT2D eigenvalue weighted by Gasteiger charge is 2.15. The molecule has 0 radical (unpaired) electrons. The minimum absolute atomic E-state index is 0.211. The highest BCUT2D eigenvalue weighted by atomic mass is 16.5. The summed E-state index contributed by atoms with van der Waals surface area (Å²) in [4.78, 5) is 24.0. The molecule has 0 unspecified atom stereocenters. The summed E-state index contributed by atoms with van der Waals surface area (Å²) in [6.07, 6.45) is 4.60. The number of esters is 1. The van der Waals surface area contributed by atoms with Crippen molar-refractivity contribution in [2.45, 2.75) is 13.8 Å². The molecule has 0 saturated carbocycles. The van der Waals surface area contributed by atoms with Crippen molar-refractivity contribution in [3.8, 4) is 5.75 Å². The number of aryl methyl sites for hydroxylation is 1. The molecule has 5 heteroatoms. The molecule has 1 aromatic carbocycles. The zero-order valence-electron chi connectivity index (χ0n) is 15.3. The van der Waals surface area contributed by atoms with Gasteiger partial charge in [0.25, 0.3) is 0 Å². The third-order valence-corrected chi connectivity index (χ3v) is 4.08. The molecule has 2 rings (SSSR count). The lowest BCUT2D eigenvalue weighted by molar-refractivity contribution is -0.136. The van der Waals surface area contributed by atoms with Crippen molar-refractivity contribution in [3.63, 3.8) is 0 Å². The Kier molecular flexibility index (Phi) is 6.55. The number of benzene rings is 1. The van der Waals surface area contributed by atoms with Crippen LogP contribution < -0.4 is 4.74 Å². The lowest BCUT2D eigenvalue weighted by atomic mass is 10.1. The fourth-order valence-corrected chi connectivity index (χ4v) is 2.39. The van der Waals surface area contributed by atoms with Crippen LogP contribution in [0.4, 0.5) is 0 Å². The van der Waals surface area contributed by atoms with Crippen molar-refractivity contribution >= 4 is 17.8 Å². The van der Waals surface area contributed by atoms with Gasteiger partial charge in [0.15, 0.2) is 6.61 Å². The van der Waals surface area contributed by atoms with Crippen molar-refractivity contribution < 1.29 is 19.1 Å². The second-order valence-electron chi connectivity index (χ2n) is 5.88. The Labute approximate surface area is 153 Å². The van der Waals surface area contributed by atoms with Gasteiger partial charge in [0, 0.05) is 30.1 Å². The zero-order chi connectivity index (χ0) is 19.1. The third-order valence-electron chi connectivity index (χ3n) is 4.08. The van der Waals surface area contributed by atoms with Crippen LogP contribution in [-0.4, -0.2) is 29.5 Å². The Morgan fingerprint density at radius 3 is 2.46 bits per heavy atom. The Morgan fingerprint density at radius 1 is 1.19 bits per heavy atom. The molecule has 0 aliphatic heterocycles. The van der Waals surface area contributed by atoms with Crippen LogP contribution in [0.5, 0.6) is 5.75 Å². The normalized spacial score (nSPS) is 10.7. The Balaban J connectivity index is 1.87. The SMILES string of the molecule is C=CCOc1ccc(/C=C/C(=O)OCC(=O)c2cc(C)n(C)c2C)cc1. The van der Waals surface area contributed by atoms with Crippen molar-refractivity contribution in [1.82, 2.24) is 4.57 Å². The van der Waals surface area contributed by atoms with Crippen LogP contribution in [0.3, 0.4) is 0 Å². The molecule has 5 nitrogen and oxygen atoms in total. The van der Waals surface area contributed by atoms with E-state index >= 15 is 0 Å². The molecule has 0 fully saturated rings. The summed E-state index contributed by atoms with van der Waals surface area (Å²) in [6, 6.07) is 9.06. The number of hydrogen-bond acceptors (Lipinski definition) is 4. The van der Waals surface area contributed by atoms with Crippen molar-refractivity contribution in [3.05, 3.63) is 71.6 Å². The maximum atomic E-state index is 12.2. The first-order chi connectivity index (χ1) is 12.4. The fourth-order valence-electron chi connectivity index (χ4n) is 2.39. The Morgan fingerprint density at radius 2 is 1.88 bits per heavy atom. The van der Waals surface area contributed by atoms with E-state index in [2.05, 4.69) is 6.58 Å². The summed E-state index contributed by atoms with van der Waals surface area (Å²) in [6.45, 7) is 7.54. The maximum absolute atomic E-state index is 12.2. The maximum Gasteiger partial charge on any atom is 0.331 e. The van der Waals surface area contributed by atoms with Crippen molar-refractivity contribution in [1.29, 1.82) is 0 Å². The van der Waals surface area contributed by atoms with Crippen LogP contribution in [0.25, 0.3) is 6.08 Å². The van der Waals surface area contributed by atoms with Crippen LogP contribution in [-0.2, 0) is 16.6 Å². The molecule has 26 heavy (non-hydrogen) atoms. The summed E-state index contributed by atoms with van der Waals surface area (Å²) in [5.74, 6) is -0.0453. The van der Waals surface area contributed by atoms with E-state index in [0.29, 0.717) is 12.2 Å². The van der Waals surface area contributed by atoms with Gasteiger partial charge in [0.05, 0.1) is 0 Å². The average Bonchev–Trinajstić information content (AvgIpc) is 2.91. The summed E-state index contributed by atoms with van der Waals surface area (Å²) < 4.78 is 12.4. The van der Waals surface area contributed by atoms with Crippen molar-refractivity contribution in [2.75, 3.05) is 13.2 Å². The van der Waals surface area contributed by atoms with Gasteiger partial charge in [-0.1, -0.05) is 24.8 Å². The number of carbonyl (C=O) groups excluding carboxylic acids is 2. The van der Waals surface area contributed by atoms with E-state index in [1.807, 2.05) is 37.6 Å². The standard InChI is InChI=1S/C21H23NO4/c1-5-12-25-18-9-6-17(7-10-18)8-11-21(24)26-14-20(23)19-13-15(2)22(4)16(19)3/h5-11,13H,1,12,14H2,2-4H3/b11-8+. The smallest absolute Gasteiger partial charge is 0.331 e. The zero-order valence-corrected chi connectivity index (χ0v) is 15.3. The van der Waals surface area contributed by atoms with Crippen molar-refractivity contribution in [2.24, 2.45) is 7.05 Å². The van der Waals surface area contributed by atoms with Gasteiger partial charge < -0.3 is 14.0 Å². The largest absolute Gasteiger partial charge is 0.490 e. The van der Waals surface area contributed by atoms with Gasteiger partial charge >= 0.3 is 5.97 Å². The Hall–Kier alpha value is -3.08. The minimum atomic E-state index is -0.560. The highest BCUT2D eigenvalue weighted by molar-refractivity contribution is 6.00. The van der Waals surface area contributed by atoms with Gasteiger partial charge in [-0.3, -0.25) is 4.79 Å². The molecule has 0 atom stereocenters. The van der Waals surface area contributed by atoms with Gasteiger partial charge in [-0.25, -0.2) is 4.79 Å². The molecule has 0 spiro atoms. The molecular weight excluding hydrogens is 330 g/mol.